The van der Waals surface area contributed by atoms with Gasteiger partial charge in [0.1, 0.15) is 18.4 Å². The van der Waals surface area contributed by atoms with E-state index in [1.165, 1.54) is 0 Å². The van der Waals surface area contributed by atoms with Gasteiger partial charge >= 0.3 is 12.1 Å². The Kier molecular flexibility index (Phi) is 11.0. The van der Waals surface area contributed by atoms with Crippen molar-refractivity contribution in [3.05, 3.63) is 89.5 Å². The van der Waals surface area contributed by atoms with Crippen molar-refractivity contribution in [3.8, 4) is 16.9 Å². The summed E-state index contributed by atoms with van der Waals surface area (Å²) in [5.74, 6) is 0.200. The highest BCUT2D eigenvalue weighted by Crippen LogP contribution is 2.44. The van der Waals surface area contributed by atoms with Gasteiger partial charge in [-0.1, -0.05) is 81.4 Å². The van der Waals surface area contributed by atoms with Crippen LogP contribution in [-0.4, -0.2) is 67.1 Å². The molecule has 3 aromatic rings. The third kappa shape index (κ3) is 8.58. The highest BCUT2D eigenvalue weighted by Gasteiger charge is 2.37. The lowest BCUT2D eigenvalue weighted by molar-refractivity contribution is -0.139. The highest BCUT2D eigenvalue weighted by molar-refractivity contribution is 7.85. The Morgan fingerprint density at radius 1 is 0.909 bits per heavy atom. The molecule has 0 radical (unpaired) electrons. The smallest absolute Gasteiger partial charge is 0.407 e. The Labute approximate surface area is 263 Å². The molecule has 3 aromatic carbocycles. The van der Waals surface area contributed by atoms with E-state index in [1.54, 1.807) is 24.3 Å². The highest BCUT2D eigenvalue weighted by atomic mass is 32.2. The van der Waals surface area contributed by atoms with E-state index < -0.39 is 37.2 Å². The molecule has 2 N–H and O–H groups in total. The van der Waals surface area contributed by atoms with Crippen LogP contribution in [0.5, 0.6) is 5.75 Å². The van der Waals surface area contributed by atoms with Crippen molar-refractivity contribution in [2.24, 2.45) is 0 Å². The first-order valence-corrected chi connectivity index (χ1v) is 19.3. The molecule has 2 atom stereocenters. The maximum Gasteiger partial charge on any atom is 0.407 e. The zero-order valence-corrected chi connectivity index (χ0v) is 27.9. The van der Waals surface area contributed by atoms with Gasteiger partial charge in [0, 0.05) is 35.5 Å². The van der Waals surface area contributed by atoms with Crippen molar-refractivity contribution in [2.75, 3.05) is 31.3 Å². The molecule has 1 unspecified atom stereocenters. The molecule has 1 amide bonds. The maximum absolute atomic E-state index is 12.7. The number of alkyl carbamates (subject to hydrolysis) is 1. The van der Waals surface area contributed by atoms with Gasteiger partial charge in [-0.3, -0.25) is 4.21 Å². The first kappa shape index (κ1) is 33.4. The molecule has 0 spiro atoms. The number of aliphatic carboxylic acids is 1. The topological polar surface area (TPSA) is 111 Å². The van der Waals surface area contributed by atoms with Gasteiger partial charge in [-0.25, -0.2) is 9.59 Å². The average Bonchev–Trinajstić information content (AvgIpc) is 3.29. The second-order valence-corrected chi connectivity index (χ2v) is 19.0. The number of benzene rings is 3. The minimum absolute atomic E-state index is 0.0814. The van der Waals surface area contributed by atoms with E-state index in [-0.39, 0.29) is 24.0 Å². The van der Waals surface area contributed by atoms with E-state index in [9.17, 15) is 18.9 Å². The number of hydrogen-bond donors (Lipinski definition) is 2. The number of rotatable bonds is 14. The summed E-state index contributed by atoms with van der Waals surface area (Å²) in [4.78, 5) is 24.6. The number of carboxylic acids is 1. The molecule has 1 aliphatic rings. The monoisotopic (exact) mass is 637 g/mol. The first-order valence-electron chi connectivity index (χ1n) is 14.9. The molecule has 8 nitrogen and oxygen atoms in total. The second kappa shape index (κ2) is 14.5. The van der Waals surface area contributed by atoms with Crippen molar-refractivity contribution >= 4 is 31.2 Å². The van der Waals surface area contributed by atoms with E-state index in [4.69, 9.17) is 13.9 Å². The molecule has 0 saturated heterocycles. The van der Waals surface area contributed by atoms with Crippen LogP contribution in [0.25, 0.3) is 11.1 Å². The summed E-state index contributed by atoms with van der Waals surface area (Å²) >= 11 is 0. The zero-order valence-electron chi connectivity index (χ0n) is 26.1. The predicted molar refractivity (Wildman–Crippen MR) is 176 cm³/mol. The summed E-state index contributed by atoms with van der Waals surface area (Å²) in [7, 11) is -2.90. The third-order valence-corrected chi connectivity index (χ3v) is 14.2. The first-order chi connectivity index (χ1) is 20.9. The molecule has 0 aromatic heterocycles. The minimum Gasteiger partial charge on any atom is -0.493 e. The Balaban J connectivity index is 1.22. The van der Waals surface area contributed by atoms with Crippen LogP contribution in [0.3, 0.4) is 0 Å². The standard InChI is InChI=1S/C34H43NO7SSi/c1-34(2,3)44(4,5)42-19-21-43(39)20-18-40-25-16-14-24(15-17-25)22-31(32(36)37)35-33(38)41-23-30-28-12-8-6-10-26(28)27-11-7-9-13-29(27)30/h6-17,30-31H,18-23H2,1-5H3,(H,35,38)(H,36,37)/t31-,43?/m0/s1. The lowest BCUT2D eigenvalue weighted by atomic mass is 9.98. The number of carbonyl (C=O) groups is 2. The van der Waals surface area contributed by atoms with Crippen LogP contribution in [0.2, 0.25) is 18.1 Å². The molecule has 1 aliphatic carbocycles. The van der Waals surface area contributed by atoms with Gasteiger partial charge in [0.25, 0.3) is 0 Å². The molecular weight excluding hydrogens is 595 g/mol. The number of carboxylic acid groups (broad SMARTS) is 1. The second-order valence-electron chi connectivity index (χ2n) is 12.5. The summed E-state index contributed by atoms with van der Waals surface area (Å²) in [5, 5.41) is 12.4. The molecule has 0 heterocycles. The quantitative estimate of drug-likeness (QED) is 0.198. The van der Waals surface area contributed by atoms with Gasteiger partial charge in [0.2, 0.25) is 0 Å². The van der Waals surface area contributed by atoms with Crippen molar-refractivity contribution in [3.63, 3.8) is 0 Å². The van der Waals surface area contributed by atoms with Crippen LogP contribution >= 0.6 is 0 Å². The molecule has 0 saturated carbocycles. The van der Waals surface area contributed by atoms with E-state index in [0.29, 0.717) is 30.5 Å². The van der Waals surface area contributed by atoms with E-state index in [2.05, 4.69) is 51.3 Å². The molecule has 44 heavy (non-hydrogen) atoms. The fourth-order valence-electron chi connectivity index (χ4n) is 4.90. The average molecular weight is 638 g/mol. The molecule has 10 heteroatoms. The molecule has 0 bridgehead atoms. The van der Waals surface area contributed by atoms with Crippen LogP contribution in [0, 0.1) is 0 Å². The SMILES string of the molecule is CC(C)(C)[Si](C)(C)OCCS(=O)CCOc1ccc(C[C@H](NC(=O)OCC2c3ccccc3-c3ccccc32)C(=O)O)cc1. The van der Waals surface area contributed by atoms with Crippen molar-refractivity contribution in [1.82, 2.24) is 5.32 Å². The number of ether oxygens (including phenoxy) is 2. The molecular formula is C34H43NO7SSi. The molecule has 236 valence electrons. The van der Waals surface area contributed by atoms with Crippen molar-refractivity contribution in [1.29, 1.82) is 0 Å². The predicted octanol–water partition coefficient (Wildman–Crippen LogP) is 6.37. The van der Waals surface area contributed by atoms with Gasteiger partial charge in [0.15, 0.2) is 8.32 Å². The summed E-state index contributed by atoms with van der Waals surface area (Å²) < 4.78 is 29.8. The summed E-state index contributed by atoms with van der Waals surface area (Å²) in [6, 6.07) is 21.9. The van der Waals surface area contributed by atoms with Gasteiger partial charge in [-0.2, -0.15) is 0 Å². The fourth-order valence-corrected chi connectivity index (χ4v) is 6.84. The number of carbonyl (C=O) groups excluding carboxylic acids is 1. The number of nitrogens with one attached hydrogen (secondary N) is 1. The molecule has 4 rings (SSSR count). The Bertz CT molecular complexity index is 1420. The van der Waals surface area contributed by atoms with Crippen molar-refractivity contribution < 1.29 is 32.8 Å². The third-order valence-electron chi connectivity index (χ3n) is 8.46. The fraction of sp³-hybridized carbons (Fsp3) is 0.412. The zero-order chi connectivity index (χ0) is 31.9. The van der Waals surface area contributed by atoms with Crippen LogP contribution in [0.4, 0.5) is 4.79 Å². The number of fused-ring (bicyclic) bond motifs is 3. The summed E-state index contributed by atoms with van der Waals surface area (Å²) in [6.07, 6.45) is -0.695. The van der Waals surface area contributed by atoms with Gasteiger partial charge < -0.3 is 24.3 Å². The van der Waals surface area contributed by atoms with E-state index >= 15 is 0 Å². The van der Waals surface area contributed by atoms with Crippen LogP contribution in [-0.2, 0) is 31.2 Å². The normalized spacial score (nSPS) is 14.3. The lowest BCUT2D eigenvalue weighted by Gasteiger charge is -2.36. The van der Waals surface area contributed by atoms with E-state index in [1.807, 2.05) is 36.4 Å². The molecule has 0 aliphatic heterocycles. The van der Waals surface area contributed by atoms with Gasteiger partial charge in [-0.05, 0) is 58.1 Å². The minimum atomic E-state index is -1.86. The summed E-state index contributed by atoms with van der Waals surface area (Å²) in [5.41, 5.74) is 5.12. The molecule has 0 fully saturated rings. The van der Waals surface area contributed by atoms with Crippen LogP contribution < -0.4 is 10.1 Å². The Morgan fingerprint density at radius 3 is 2.05 bits per heavy atom. The van der Waals surface area contributed by atoms with Gasteiger partial charge in [-0.15, -0.1) is 0 Å². The maximum atomic E-state index is 12.7. The van der Waals surface area contributed by atoms with Gasteiger partial charge in [0.05, 0.1) is 12.4 Å². The lowest BCUT2D eigenvalue weighted by Crippen LogP contribution is -2.42. The number of hydrogen-bond acceptors (Lipinski definition) is 6. The largest absolute Gasteiger partial charge is 0.493 e. The van der Waals surface area contributed by atoms with Crippen LogP contribution in [0.15, 0.2) is 72.8 Å². The Hall–Kier alpha value is -3.47. The Morgan fingerprint density at radius 2 is 1.48 bits per heavy atom. The van der Waals surface area contributed by atoms with E-state index in [0.717, 1.165) is 27.8 Å². The van der Waals surface area contributed by atoms with Crippen LogP contribution in [0.1, 0.15) is 43.4 Å². The number of amides is 1. The van der Waals surface area contributed by atoms with Crippen molar-refractivity contribution in [2.45, 2.75) is 57.3 Å². The summed E-state index contributed by atoms with van der Waals surface area (Å²) in [6.45, 7) is 11.8.